The molecule has 0 unspecified atom stereocenters. The molecule has 2 saturated heterocycles. The number of nitrogens with two attached hydrogens (primary N) is 1. The Bertz CT molecular complexity index is 1370. The molecule has 204 valence electrons. The van der Waals surface area contributed by atoms with Crippen LogP contribution < -0.4 is 15.2 Å². The summed E-state index contributed by atoms with van der Waals surface area (Å²) in [5, 5.41) is 4.54. The van der Waals surface area contributed by atoms with E-state index in [9.17, 15) is 8.42 Å². The Morgan fingerprint density at radius 3 is 2.50 bits per heavy atom. The van der Waals surface area contributed by atoms with Crippen molar-refractivity contribution < 1.29 is 17.9 Å². The molecule has 2 fully saturated rings. The van der Waals surface area contributed by atoms with Gasteiger partial charge in [-0.25, -0.2) is 23.1 Å². The first-order chi connectivity index (χ1) is 18.1. The second-order valence-corrected chi connectivity index (χ2v) is 12.2. The van der Waals surface area contributed by atoms with Crippen molar-refractivity contribution in [2.24, 2.45) is 5.92 Å². The van der Waals surface area contributed by atoms with Gasteiger partial charge in [0.1, 0.15) is 0 Å². The van der Waals surface area contributed by atoms with Crippen LogP contribution in [0.1, 0.15) is 35.6 Å². The fraction of sp³-hybridized carbons (Fsp3) is 0.500. The van der Waals surface area contributed by atoms with Crippen molar-refractivity contribution in [2.45, 2.75) is 39.3 Å². The lowest BCUT2D eigenvalue weighted by molar-refractivity contribution is -0.0495. The Morgan fingerprint density at radius 2 is 1.87 bits per heavy atom. The second kappa shape index (κ2) is 11.0. The van der Waals surface area contributed by atoms with Crippen LogP contribution in [-0.2, 0) is 21.3 Å². The highest BCUT2D eigenvalue weighted by atomic mass is 32.2. The minimum atomic E-state index is -3.29. The molecular weight excluding hydrogens is 506 g/mol. The zero-order valence-corrected chi connectivity index (χ0v) is 22.9. The Hall–Kier alpha value is -3.06. The van der Waals surface area contributed by atoms with Crippen LogP contribution in [0.5, 0.6) is 11.6 Å². The number of nitrogens with one attached hydrogen (secondary N) is 1. The van der Waals surface area contributed by atoms with E-state index >= 15 is 0 Å². The molecule has 2 aromatic heterocycles. The molecule has 3 N–H and O–H groups in total. The van der Waals surface area contributed by atoms with Gasteiger partial charge in [0.2, 0.25) is 10.0 Å². The van der Waals surface area contributed by atoms with Gasteiger partial charge >= 0.3 is 0 Å². The average molecular weight is 542 g/mol. The quantitative estimate of drug-likeness (QED) is 0.419. The summed E-state index contributed by atoms with van der Waals surface area (Å²) in [6.45, 7) is 9.13. The van der Waals surface area contributed by atoms with Gasteiger partial charge in [-0.1, -0.05) is 0 Å². The number of anilines is 1. The Labute approximate surface area is 223 Å². The van der Waals surface area contributed by atoms with Gasteiger partial charge in [-0.3, -0.25) is 4.68 Å². The highest BCUT2D eigenvalue weighted by molar-refractivity contribution is 7.88. The number of benzene rings is 1. The Kier molecular flexibility index (Phi) is 7.66. The fourth-order valence-electron chi connectivity index (χ4n) is 5.03. The number of hydrogen-bond donors (Lipinski definition) is 2. The predicted octanol–water partition coefficient (Wildman–Crippen LogP) is 2.66. The number of aryl methyl sites for hydroxylation is 2. The Morgan fingerprint density at radius 1 is 1.16 bits per heavy atom. The summed E-state index contributed by atoms with van der Waals surface area (Å²) >= 11 is 0. The van der Waals surface area contributed by atoms with Crippen LogP contribution in [-0.4, -0.2) is 72.2 Å². The zero-order valence-electron chi connectivity index (χ0n) is 22.1. The van der Waals surface area contributed by atoms with Crippen molar-refractivity contribution in [3.8, 4) is 22.9 Å². The van der Waals surface area contributed by atoms with Crippen molar-refractivity contribution in [1.29, 1.82) is 0 Å². The van der Waals surface area contributed by atoms with E-state index < -0.39 is 10.0 Å². The van der Waals surface area contributed by atoms with Gasteiger partial charge in [-0.15, -0.1) is 0 Å². The molecule has 0 bridgehead atoms. The molecule has 0 spiro atoms. The summed E-state index contributed by atoms with van der Waals surface area (Å²) in [5.74, 6) is 1.66. The summed E-state index contributed by atoms with van der Waals surface area (Å²) < 4.78 is 38.9. The van der Waals surface area contributed by atoms with E-state index in [2.05, 4.69) is 24.7 Å². The van der Waals surface area contributed by atoms with E-state index in [1.807, 2.05) is 36.9 Å². The number of piperidine rings is 1. The molecule has 12 heteroatoms. The SMILES string of the molecule is Cc1cc(-c2cnc(N)c(Oc3cnn(C4CCN(CC5COC5)CC4)c3)n2)cc(C)c1CNS(C)(=O)=O. The number of sulfonamides is 1. The number of rotatable bonds is 9. The van der Waals surface area contributed by atoms with Crippen molar-refractivity contribution in [3.63, 3.8) is 0 Å². The summed E-state index contributed by atoms with van der Waals surface area (Å²) in [6, 6.07) is 4.25. The largest absolute Gasteiger partial charge is 0.433 e. The lowest BCUT2D eigenvalue weighted by atomic mass is 9.98. The summed E-state index contributed by atoms with van der Waals surface area (Å²) in [4.78, 5) is 11.5. The first-order valence-corrected chi connectivity index (χ1v) is 14.7. The number of nitrogens with zero attached hydrogens (tertiary/aromatic N) is 5. The maximum atomic E-state index is 11.5. The summed E-state index contributed by atoms with van der Waals surface area (Å²) in [7, 11) is -3.29. The first kappa shape index (κ1) is 26.5. The third-order valence-electron chi connectivity index (χ3n) is 7.22. The van der Waals surface area contributed by atoms with Gasteiger partial charge in [0.25, 0.3) is 5.88 Å². The molecule has 1 aromatic carbocycles. The summed E-state index contributed by atoms with van der Waals surface area (Å²) in [5.41, 5.74) is 10.4. The molecule has 11 nitrogen and oxygen atoms in total. The van der Waals surface area contributed by atoms with Crippen LogP contribution in [0.2, 0.25) is 0 Å². The molecule has 2 aliphatic rings. The van der Waals surface area contributed by atoms with Crippen molar-refractivity contribution in [1.82, 2.24) is 29.4 Å². The first-order valence-electron chi connectivity index (χ1n) is 12.8. The van der Waals surface area contributed by atoms with Gasteiger partial charge < -0.3 is 20.1 Å². The van der Waals surface area contributed by atoms with E-state index in [0.29, 0.717) is 23.4 Å². The number of ether oxygens (including phenoxy) is 2. The molecule has 0 aliphatic carbocycles. The molecule has 4 heterocycles. The lowest BCUT2D eigenvalue weighted by Crippen LogP contribution is -2.43. The van der Waals surface area contributed by atoms with Crippen LogP contribution in [0.4, 0.5) is 5.82 Å². The molecule has 5 rings (SSSR count). The standard InChI is InChI=1S/C26H35N7O4S/c1-17-8-20(9-18(2)23(17)11-30-38(3,34)35)24-12-28-25(27)26(31-24)37-22-10-29-33(14-22)21-4-6-32(7-5-21)13-19-15-36-16-19/h8-10,12,14,19,21,30H,4-7,11,13,15-16H2,1-3H3,(H2,27,28). The van der Waals surface area contributed by atoms with Crippen LogP contribution in [0.3, 0.4) is 0 Å². The van der Waals surface area contributed by atoms with E-state index in [0.717, 1.165) is 74.2 Å². The second-order valence-electron chi connectivity index (χ2n) is 10.3. The topological polar surface area (TPSA) is 137 Å². The smallest absolute Gasteiger partial charge is 0.263 e. The molecule has 0 atom stereocenters. The van der Waals surface area contributed by atoms with E-state index in [1.54, 1.807) is 12.4 Å². The van der Waals surface area contributed by atoms with Crippen LogP contribution in [0.15, 0.2) is 30.7 Å². The highest BCUT2D eigenvalue weighted by Crippen LogP contribution is 2.31. The van der Waals surface area contributed by atoms with Gasteiger partial charge in [0.05, 0.1) is 49.8 Å². The molecular formula is C26H35N7O4S. The molecule has 0 saturated carbocycles. The van der Waals surface area contributed by atoms with E-state index in [-0.39, 0.29) is 18.2 Å². The third-order valence-corrected chi connectivity index (χ3v) is 7.89. The Balaban J connectivity index is 1.26. The minimum Gasteiger partial charge on any atom is -0.433 e. The number of hydrogen-bond acceptors (Lipinski definition) is 9. The van der Waals surface area contributed by atoms with Crippen molar-refractivity contribution in [3.05, 3.63) is 47.4 Å². The molecule has 3 aromatic rings. The van der Waals surface area contributed by atoms with Gasteiger partial charge in [0.15, 0.2) is 11.6 Å². The van der Waals surface area contributed by atoms with Crippen molar-refractivity contribution >= 4 is 15.8 Å². The normalized spacial score (nSPS) is 17.4. The maximum Gasteiger partial charge on any atom is 0.263 e. The van der Waals surface area contributed by atoms with Gasteiger partial charge in [-0.2, -0.15) is 5.10 Å². The summed E-state index contributed by atoms with van der Waals surface area (Å²) in [6.07, 6.45) is 8.42. The van der Waals surface area contributed by atoms with E-state index in [4.69, 9.17) is 15.2 Å². The number of likely N-dealkylation sites (tertiary alicyclic amines) is 1. The molecule has 0 radical (unpaired) electrons. The minimum absolute atomic E-state index is 0.192. The van der Waals surface area contributed by atoms with Gasteiger partial charge in [0, 0.05) is 37.7 Å². The number of nitrogen functional groups attached to an aromatic ring is 1. The fourth-order valence-corrected chi connectivity index (χ4v) is 5.43. The maximum absolute atomic E-state index is 11.5. The lowest BCUT2D eigenvalue weighted by Gasteiger charge is -2.36. The van der Waals surface area contributed by atoms with Crippen molar-refractivity contribution in [2.75, 3.05) is 44.8 Å². The zero-order chi connectivity index (χ0) is 26.9. The average Bonchev–Trinajstić information content (AvgIpc) is 3.30. The third kappa shape index (κ3) is 6.32. The van der Waals surface area contributed by atoms with E-state index in [1.165, 1.54) is 0 Å². The molecule has 0 amide bonds. The van der Waals surface area contributed by atoms with Gasteiger partial charge in [-0.05, 0) is 55.5 Å². The van der Waals surface area contributed by atoms with Crippen LogP contribution >= 0.6 is 0 Å². The van der Waals surface area contributed by atoms with Crippen LogP contribution in [0, 0.1) is 19.8 Å². The monoisotopic (exact) mass is 541 g/mol. The molecule has 38 heavy (non-hydrogen) atoms. The van der Waals surface area contributed by atoms with Crippen LogP contribution in [0.25, 0.3) is 11.3 Å². The molecule has 2 aliphatic heterocycles. The number of aromatic nitrogens is 4. The highest BCUT2D eigenvalue weighted by Gasteiger charge is 2.26. The predicted molar refractivity (Wildman–Crippen MR) is 144 cm³/mol.